The van der Waals surface area contributed by atoms with Crippen LogP contribution in [0.15, 0.2) is 45.9 Å². The van der Waals surface area contributed by atoms with E-state index in [1.54, 1.807) is 12.1 Å². The number of carboxylic acids is 1. The largest absolute Gasteiger partial charge is 0.481 e. The summed E-state index contributed by atoms with van der Waals surface area (Å²) in [6.07, 6.45) is -2.56. The zero-order valence-corrected chi connectivity index (χ0v) is 14.2. The van der Waals surface area contributed by atoms with Gasteiger partial charge in [-0.05, 0) is 30.7 Å². The van der Waals surface area contributed by atoms with E-state index in [0.717, 1.165) is 12.1 Å². The van der Waals surface area contributed by atoms with Crippen LogP contribution in [0.1, 0.15) is 17.7 Å². The number of halogens is 3. The molecule has 3 rings (SSSR count). The van der Waals surface area contributed by atoms with Gasteiger partial charge in [-0.15, -0.1) is 0 Å². The Kier molecular flexibility index (Phi) is 5.50. The molecule has 1 aromatic heterocycles. The molecule has 2 aromatic rings. The number of piperidine rings is 1. The first-order chi connectivity index (χ1) is 12.8. The van der Waals surface area contributed by atoms with Gasteiger partial charge in [0.2, 0.25) is 0 Å². The van der Waals surface area contributed by atoms with Crippen molar-refractivity contribution in [1.29, 1.82) is 0 Å². The maximum absolute atomic E-state index is 12.8. The molecule has 0 spiro atoms. The number of carboxylic acid groups (broad SMARTS) is 1. The first kappa shape index (κ1) is 19.0. The monoisotopic (exact) mass is 381 g/mol. The highest BCUT2D eigenvalue weighted by Gasteiger charge is 2.30. The van der Waals surface area contributed by atoms with Gasteiger partial charge in [-0.1, -0.05) is 12.1 Å². The first-order valence-electron chi connectivity index (χ1n) is 8.32. The molecule has 9 heteroatoms. The van der Waals surface area contributed by atoms with Crippen molar-refractivity contribution in [3.8, 4) is 11.3 Å². The third-order valence-electron chi connectivity index (χ3n) is 4.25. The minimum atomic E-state index is -4.42. The molecule has 2 heterocycles. The minimum absolute atomic E-state index is 0.131. The lowest BCUT2D eigenvalue weighted by atomic mass is 9.96. The lowest BCUT2D eigenvalue weighted by Gasteiger charge is -2.26. The number of hydrogen-bond acceptors (Lipinski definition) is 5. The molecule has 1 saturated heterocycles. The molecule has 2 atom stereocenters. The maximum atomic E-state index is 12.8. The summed E-state index contributed by atoms with van der Waals surface area (Å²) < 4.78 is 43.9. The molecule has 0 saturated carbocycles. The van der Waals surface area contributed by atoms with Crippen LogP contribution >= 0.6 is 0 Å². The minimum Gasteiger partial charge on any atom is -0.481 e. The Balaban J connectivity index is 1.63. The number of nitrogens with one attached hydrogen (secondary N) is 2. The van der Waals surface area contributed by atoms with E-state index in [2.05, 4.69) is 15.8 Å². The van der Waals surface area contributed by atoms with Crippen molar-refractivity contribution >= 4 is 12.2 Å². The zero-order chi connectivity index (χ0) is 19.4. The number of rotatable bonds is 5. The molecule has 6 nitrogen and oxygen atoms in total. The average Bonchev–Trinajstić information content (AvgIpc) is 3.10. The summed E-state index contributed by atoms with van der Waals surface area (Å²) in [5.41, 5.74) is 2.44. The Morgan fingerprint density at radius 3 is 2.85 bits per heavy atom. The van der Waals surface area contributed by atoms with E-state index in [1.165, 1.54) is 18.3 Å². The number of furan rings is 1. The van der Waals surface area contributed by atoms with Crippen LogP contribution < -0.4 is 10.7 Å². The highest BCUT2D eigenvalue weighted by Crippen LogP contribution is 2.32. The molecular weight excluding hydrogens is 363 g/mol. The van der Waals surface area contributed by atoms with Crippen LogP contribution in [0.3, 0.4) is 0 Å². The van der Waals surface area contributed by atoms with Crippen molar-refractivity contribution in [3.63, 3.8) is 0 Å². The number of alkyl halides is 3. The lowest BCUT2D eigenvalue weighted by Crippen LogP contribution is -2.47. The van der Waals surface area contributed by atoms with Crippen LogP contribution in [-0.2, 0) is 11.0 Å². The maximum Gasteiger partial charge on any atom is 0.416 e. The Morgan fingerprint density at radius 2 is 2.11 bits per heavy atom. The molecule has 0 unspecified atom stereocenters. The van der Waals surface area contributed by atoms with E-state index in [9.17, 15) is 18.0 Å². The van der Waals surface area contributed by atoms with Gasteiger partial charge in [0.15, 0.2) is 0 Å². The predicted molar refractivity (Wildman–Crippen MR) is 92.3 cm³/mol. The Bertz CT molecular complexity index is 832. The Morgan fingerprint density at radius 1 is 1.30 bits per heavy atom. The average molecular weight is 381 g/mol. The van der Waals surface area contributed by atoms with Crippen molar-refractivity contribution in [2.45, 2.75) is 18.6 Å². The van der Waals surface area contributed by atoms with E-state index >= 15 is 0 Å². The predicted octanol–water partition coefficient (Wildman–Crippen LogP) is 2.95. The summed E-state index contributed by atoms with van der Waals surface area (Å²) in [5, 5.41) is 16.1. The van der Waals surface area contributed by atoms with Crippen molar-refractivity contribution in [3.05, 3.63) is 47.7 Å². The van der Waals surface area contributed by atoms with E-state index in [0.29, 0.717) is 36.6 Å². The molecular formula is C18H18F3N3O3. The molecule has 3 N–H and O–H groups in total. The van der Waals surface area contributed by atoms with Gasteiger partial charge in [-0.3, -0.25) is 4.79 Å². The van der Waals surface area contributed by atoms with Crippen LogP contribution in [0, 0.1) is 5.92 Å². The second-order valence-corrected chi connectivity index (χ2v) is 6.29. The Hall–Kier alpha value is -2.81. The third kappa shape index (κ3) is 4.88. The van der Waals surface area contributed by atoms with E-state index < -0.39 is 23.6 Å². The fraction of sp³-hybridized carbons (Fsp3) is 0.333. The van der Waals surface area contributed by atoms with E-state index in [1.807, 2.05) is 0 Å². The summed E-state index contributed by atoms with van der Waals surface area (Å²) in [5.74, 6) is -0.654. The van der Waals surface area contributed by atoms with Crippen LogP contribution in [-0.4, -0.2) is 36.4 Å². The SMILES string of the molecule is O=C(O)[C@H]1CNC[C@@H](N/N=C/c2ccc(-c3cccc(C(F)(F)F)c3)o2)C1. The number of carbonyl (C=O) groups is 1. The summed E-state index contributed by atoms with van der Waals surface area (Å²) in [6.45, 7) is 1.02. The molecule has 0 radical (unpaired) electrons. The van der Waals surface area contributed by atoms with Gasteiger partial charge >= 0.3 is 12.1 Å². The first-order valence-corrected chi connectivity index (χ1v) is 8.32. The highest BCUT2D eigenvalue weighted by atomic mass is 19.4. The fourth-order valence-corrected chi connectivity index (χ4v) is 2.86. The molecule has 27 heavy (non-hydrogen) atoms. The second-order valence-electron chi connectivity index (χ2n) is 6.29. The molecule has 1 fully saturated rings. The van der Waals surface area contributed by atoms with Gasteiger partial charge in [-0.25, -0.2) is 0 Å². The zero-order valence-electron chi connectivity index (χ0n) is 14.2. The van der Waals surface area contributed by atoms with E-state index in [4.69, 9.17) is 9.52 Å². The molecule has 1 aliphatic heterocycles. The van der Waals surface area contributed by atoms with Crippen molar-refractivity contribution in [2.75, 3.05) is 13.1 Å². The fourth-order valence-electron chi connectivity index (χ4n) is 2.86. The van der Waals surface area contributed by atoms with Crippen LogP contribution in [0.25, 0.3) is 11.3 Å². The lowest BCUT2D eigenvalue weighted by molar-refractivity contribution is -0.142. The molecule has 0 bridgehead atoms. The van der Waals surface area contributed by atoms with Crippen LogP contribution in [0.5, 0.6) is 0 Å². The standard InChI is InChI=1S/C18H18F3N3O3/c19-18(20,21)13-3-1-2-11(6-13)16-5-4-15(27-16)10-23-24-14-7-12(17(25)26)8-22-9-14/h1-6,10,12,14,22,24H,7-9H2,(H,25,26)/b23-10+/t12-,14+/m1/s1. The van der Waals surface area contributed by atoms with Gasteiger partial charge in [0.05, 0.1) is 23.7 Å². The van der Waals surface area contributed by atoms with Gasteiger partial charge in [0.25, 0.3) is 0 Å². The quantitative estimate of drug-likeness (QED) is 0.548. The summed E-state index contributed by atoms with van der Waals surface area (Å²) in [4.78, 5) is 11.0. The summed E-state index contributed by atoms with van der Waals surface area (Å²) in [6, 6.07) is 7.92. The molecule has 1 aromatic carbocycles. The number of benzene rings is 1. The normalized spacial score (nSPS) is 20.7. The van der Waals surface area contributed by atoms with Gasteiger partial charge in [0, 0.05) is 18.7 Å². The second kappa shape index (κ2) is 7.83. The van der Waals surface area contributed by atoms with Crippen LogP contribution in [0.4, 0.5) is 13.2 Å². The van der Waals surface area contributed by atoms with Crippen LogP contribution in [0.2, 0.25) is 0 Å². The smallest absolute Gasteiger partial charge is 0.416 e. The van der Waals surface area contributed by atoms with Crippen molar-refractivity contribution in [1.82, 2.24) is 10.7 Å². The number of hydrazone groups is 1. The molecule has 1 aliphatic rings. The molecule has 0 aliphatic carbocycles. The van der Waals surface area contributed by atoms with Gasteiger partial charge < -0.3 is 20.3 Å². The number of nitrogens with zero attached hydrogens (tertiary/aromatic N) is 1. The van der Waals surface area contributed by atoms with Gasteiger partial charge in [-0.2, -0.15) is 18.3 Å². The summed E-state index contributed by atoms with van der Waals surface area (Å²) in [7, 11) is 0. The highest BCUT2D eigenvalue weighted by molar-refractivity contribution is 5.77. The van der Waals surface area contributed by atoms with E-state index in [-0.39, 0.29) is 6.04 Å². The topological polar surface area (TPSA) is 86.9 Å². The number of hydrogen-bond donors (Lipinski definition) is 3. The van der Waals surface area contributed by atoms with Crippen molar-refractivity contribution < 1.29 is 27.5 Å². The van der Waals surface area contributed by atoms with Crippen molar-refractivity contribution in [2.24, 2.45) is 11.0 Å². The summed E-state index contributed by atoms with van der Waals surface area (Å²) >= 11 is 0. The third-order valence-corrected chi connectivity index (χ3v) is 4.25. The Labute approximate surface area is 153 Å². The van der Waals surface area contributed by atoms with Gasteiger partial charge in [0.1, 0.15) is 11.5 Å². The molecule has 0 amide bonds. The number of aliphatic carboxylic acids is 1. The molecule has 144 valence electrons.